The van der Waals surface area contributed by atoms with Crippen molar-refractivity contribution >= 4 is 12.4 Å². The molecule has 2 unspecified atom stereocenters. The molecule has 132 valence electrons. The van der Waals surface area contributed by atoms with Crippen LogP contribution in [0.2, 0.25) is 0 Å². The highest BCUT2D eigenvalue weighted by Crippen LogP contribution is 2.30. The van der Waals surface area contributed by atoms with Gasteiger partial charge in [-0.05, 0) is 38.6 Å². The molecule has 1 heterocycles. The smallest absolute Gasteiger partial charge is 0.0876 e. The van der Waals surface area contributed by atoms with Crippen molar-refractivity contribution in [2.75, 3.05) is 6.54 Å². The van der Waals surface area contributed by atoms with Gasteiger partial charge >= 0.3 is 0 Å². The van der Waals surface area contributed by atoms with Crippen molar-refractivity contribution in [3.8, 4) is 0 Å². The maximum absolute atomic E-state index is 5.70. The molecule has 0 bridgehead atoms. The van der Waals surface area contributed by atoms with Gasteiger partial charge in [0.1, 0.15) is 0 Å². The van der Waals surface area contributed by atoms with Crippen LogP contribution < -0.4 is 5.73 Å². The van der Waals surface area contributed by atoms with Crippen LogP contribution in [0.25, 0.3) is 0 Å². The molecule has 0 radical (unpaired) electrons. The third kappa shape index (κ3) is 12.5. The van der Waals surface area contributed by atoms with Crippen molar-refractivity contribution in [2.45, 2.75) is 103 Å². The molecule has 0 aromatic rings. The van der Waals surface area contributed by atoms with Crippen LogP contribution in [-0.2, 0) is 4.74 Å². The normalized spacial score (nSPS) is 20.3. The van der Waals surface area contributed by atoms with Gasteiger partial charge in [0, 0.05) is 0 Å². The Morgan fingerprint density at radius 2 is 1.50 bits per heavy atom. The average molecular weight is 332 g/mol. The fourth-order valence-electron chi connectivity index (χ4n) is 2.87. The standard InChI is InChI=1S/C19H37NO.ClH/c1-2-3-12-15-18-19(21-18)16-13-10-8-6-4-5-7-9-11-14-17-20;/h10,13,18-19H,2-9,11-12,14-17,20H2,1H3;1H/b13-10-;. The maximum Gasteiger partial charge on any atom is 0.0876 e. The molecule has 0 spiro atoms. The van der Waals surface area contributed by atoms with Crippen molar-refractivity contribution in [1.29, 1.82) is 0 Å². The van der Waals surface area contributed by atoms with Gasteiger partial charge in [-0.15, -0.1) is 12.4 Å². The zero-order chi connectivity index (χ0) is 15.2. The number of nitrogens with two attached hydrogens (primary N) is 1. The molecule has 2 nitrogen and oxygen atoms in total. The molecule has 0 aromatic heterocycles. The van der Waals surface area contributed by atoms with E-state index in [0.717, 1.165) is 13.0 Å². The average Bonchev–Trinajstić information content (AvgIpc) is 3.23. The van der Waals surface area contributed by atoms with Gasteiger partial charge < -0.3 is 10.5 Å². The predicted molar refractivity (Wildman–Crippen MR) is 99.8 cm³/mol. The molecule has 1 fully saturated rings. The zero-order valence-electron chi connectivity index (χ0n) is 14.6. The van der Waals surface area contributed by atoms with Crippen LogP contribution in [0.1, 0.15) is 90.4 Å². The molecule has 3 heteroatoms. The fourth-order valence-corrected chi connectivity index (χ4v) is 2.87. The highest BCUT2D eigenvalue weighted by atomic mass is 35.5. The van der Waals surface area contributed by atoms with Gasteiger partial charge in [-0.3, -0.25) is 0 Å². The number of rotatable bonds is 15. The second-order valence-corrected chi connectivity index (χ2v) is 6.47. The molecule has 0 aromatic carbocycles. The van der Waals surface area contributed by atoms with Gasteiger partial charge in [-0.25, -0.2) is 0 Å². The molecule has 2 N–H and O–H groups in total. The Hall–Kier alpha value is -0.0500. The number of hydrogen-bond acceptors (Lipinski definition) is 2. The minimum atomic E-state index is 0. The summed E-state index contributed by atoms with van der Waals surface area (Å²) in [4.78, 5) is 0. The quantitative estimate of drug-likeness (QED) is 0.234. The van der Waals surface area contributed by atoms with E-state index >= 15 is 0 Å². The Balaban J connectivity index is 0.00000441. The van der Waals surface area contributed by atoms with Crippen molar-refractivity contribution in [1.82, 2.24) is 0 Å². The van der Waals surface area contributed by atoms with E-state index in [1.807, 2.05) is 0 Å². The van der Waals surface area contributed by atoms with Crippen LogP contribution in [0.15, 0.2) is 12.2 Å². The lowest BCUT2D eigenvalue weighted by atomic mass is 10.1. The minimum absolute atomic E-state index is 0. The van der Waals surface area contributed by atoms with Crippen LogP contribution in [0, 0.1) is 0 Å². The molecular formula is C19H38ClNO. The van der Waals surface area contributed by atoms with Crippen LogP contribution in [0.3, 0.4) is 0 Å². The van der Waals surface area contributed by atoms with Gasteiger partial charge in [0.25, 0.3) is 0 Å². The summed E-state index contributed by atoms with van der Waals surface area (Å²) in [5, 5.41) is 0. The minimum Gasteiger partial charge on any atom is -0.369 e. The van der Waals surface area contributed by atoms with Crippen molar-refractivity contribution in [2.24, 2.45) is 5.73 Å². The first-order chi connectivity index (χ1) is 10.4. The number of halogens is 1. The Morgan fingerprint density at radius 1 is 0.818 bits per heavy atom. The number of allylic oxidation sites excluding steroid dienone is 1. The fraction of sp³-hybridized carbons (Fsp3) is 0.895. The Bertz CT molecular complexity index is 258. The predicted octanol–water partition coefficient (Wildman–Crippen LogP) is 5.78. The topological polar surface area (TPSA) is 38.5 Å². The van der Waals surface area contributed by atoms with E-state index in [1.54, 1.807) is 0 Å². The molecule has 1 aliphatic heterocycles. The van der Waals surface area contributed by atoms with Crippen molar-refractivity contribution in [3.05, 3.63) is 12.2 Å². The van der Waals surface area contributed by atoms with E-state index in [2.05, 4.69) is 19.1 Å². The first kappa shape index (κ1) is 21.9. The Kier molecular flexibility index (Phi) is 15.8. The lowest BCUT2D eigenvalue weighted by Gasteiger charge is -1.99. The van der Waals surface area contributed by atoms with Gasteiger partial charge in [-0.1, -0.05) is 70.4 Å². The lowest BCUT2D eigenvalue weighted by Crippen LogP contribution is -1.97. The highest BCUT2D eigenvalue weighted by molar-refractivity contribution is 5.85. The monoisotopic (exact) mass is 331 g/mol. The van der Waals surface area contributed by atoms with E-state index in [4.69, 9.17) is 10.5 Å². The molecule has 22 heavy (non-hydrogen) atoms. The summed E-state index contributed by atoms with van der Waals surface area (Å²) in [6, 6.07) is 0. The van der Waals surface area contributed by atoms with Crippen molar-refractivity contribution < 1.29 is 4.74 Å². The van der Waals surface area contributed by atoms with E-state index in [9.17, 15) is 0 Å². The number of ether oxygens (including phenoxy) is 1. The zero-order valence-corrected chi connectivity index (χ0v) is 15.4. The first-order valence-corrected chi connectivity index (χ1v) is 9.39. The Morgan fingerprint density at radius 3 is 2.18 bits per heavy atom. The van der Waals surface area contributed by atoms with E-state index in [1.165, 1.54) is 77.0 Å². The van der Waals surface area contributed by atoms with Crippen LogP contribution >= 0.6 is 12.4 Å². The third-order valence-electron chi connectivity index (χ3n) is 4.39. The summed E-state index contributed by atoms with van der Waals surface area (Å²) in [5.74, 6) is 0. The molecule has 1 saturated heterocycles. The largest absolute Gasteiger partial charge is 0.369 e. The SMILES string of the molecule is CCCCCC1OC1C/C=C\CCCCCCCCCN.Cl. The maximum atomic E-state index is 5.70. The molecule has 1 aliphatic rings. The summed E-state index contributed by atoms with van der Waals surface area (Å²) < 4.78 is 5.70. The van der Waals surface area contributed by atoms with E-state index < -0.39 is 0 Å². The molecule has 1 rings (SSSR count). The van der Waals surface area contributed by atoms with Gasteiger partial charge in [0.15, 0.2) is 0 Å². The van der Waals surface area contributed by atoms with Crippen LogP contribution in [-0.4, -0.2) is 18.8 Å². The summed E-state index contributed by atoms with van der Waals surface area (Å²) in [5.41, 5.74) is 5.49. The summed E-state index contributed by atoms with van der Waals surface area (Å²) in [6.07, 6.45) is 22.9. The lowest BCUT2D eigenvalue weighted by molar-refractivity contribution is 0.359. The molecule has 0 amide bonds. The summed E-state index contributed by atoms with van der Waals surface area (Å²) in [6.45, 7) is 3.11. The second-order valence-electron chi connectivity index (χ2n) is 6.47. The van der Waals surface area contributed by atoms with E-state index in [0.29, 0.717) is 12.2 Å². The number of hydrogen-bond donors (Lipinski definition) is 1. The Labute approximate surface area is 144 Å². The number of unbranched alkanes of at least 4 members (excludes halogenated alkanes) is 9. The third-order valence-corrected chi connectivity index (χ3v) is 4.39. The van der Waals surface area contributed by atoms with Crippen LogP contribution in [0.4, 0.5) is 0 Å². The number of epoxide rings is 1. The molecule has 0 saturated carbocycles. The van der Waals surface area contributed by atoms with Crippen molar-refractivity contribution in [3.63, 3.8) is 0 Å². The molecule has 0 aliphatic carbocycles. The molecular weight excluding hydrogens is 294 g/mol. The van der Waals surface area contributed by atoms with Gasteiger partial charge in [-0.2, -0.15) is 0 Å². The van der Waals surface area contributed by atoms with Gasteiger partial charge in [0.05, 0.1) is 12.2 Å². The first-order valence-electron chi connectivity index (χ1n) is 9.39. The van der Waals surface area contributed by atoms with Crippen LogP contribution in [0.5, 0.6) is 0 Å². The summed E-state index contributed by atoms with van der Waals surface area (Å²) >= 11 is 0. The second kappa shape index (κ2) is 15.8. The van der Waals surface area contributed by atoms with E-state index in [-0.39, 0.29) is 12.4 Å². The highest BCUT2D eigenvalue weighted by Gasteiger charge is 2.36. The van der Waals surface area contributed by atoms with Gasteiger partial charge in [0.2, 0.25) is 0 Å². The summed E-state index contributed by atoms with van der Waals surface area (Å²) in [7, 11) is 0. The molecule has 2 atom stereocenters.